The Balaban J connectivity index is 1.84. The third-order valence-corrected chi connectivity index (χ3v) is 3.57. The molecule has 0 saturated carbocycles. The molecule has 2 aliphatic heterocycles. The SMILES string of the molecule is COc1ccc(C2CC3C(=O)NN=CN3N2)cc1OC. The zero-order valence-electron chi connectivity index (χ0n) is 11.3. The van der Waals surface area contributed by atoms with Gasteiger partial charge in [0.1, 0.15) is 12.4 Å². The molecule has 0 spiro atoms. The van der Waals surface area contributed by atoms with Crippen molar-refractivity contribution in [2.75, 3.05) is 14.2 Å². The van der Waals surface area contributed by atoms with Gasteiger partial charge in [0.25, 0.3) is 5.91 Å². The quantitative estimate of drug-likeness (QED) is 0.835. The number of hydrazine groups is 1. The van der Waals surface area contributed by atoms with Gasteiger partial charge in [0, 0.05) is 0 Å². The summed E-state index contributed by atoms with van der Waals surface area (Å²) in [5, 5.41) is 5.52. The number of rotatable bonds is 3. The lowest BCUT2D eigenvalue weighted by atomic mass is 10.0. The molecule has 2 N–H and O–H groups in total. The normalized spacial score (nSPS) is 24.3. The van der Waals surface area contributed by atoms with Crippen LogP contribution in [0.2, 0.25) is 0 Å². The summed E-state index contributed by atoms with van der Waals surface area (Å²) in [7, 11) is 3.21. The van der Waals surface area contributed by atoms with Crippen LogP contribution in [-0.2, 0) is 4.79 Å². The maximum Gasteiger partial charge on any atom is 0.264 e. The van der Waals surface area contributed by atoms with Crippen LogP contribution in [0.3, 0.4) is 0 Å². The number of nitrogens with zero attached hydrogens (tertiary/aromatic N) is 2. The highest BCUT2D eigenvalue weighted by atomic mass is 16.5. The predicted octanol–water partition coefficient (Wildman–Crippen LogP) is 0.397. The van der Waals surface area contributed by atoms with Crippen LogP contribution in [0, 0.1) is 0 Å². The van der Waals surface area contributed by atoms with E-state index in [9.17, 15) is 4.79 Å². The van der Waals surface area contributed by atoms with Gasteiger partial charge in [0.2, 0.25) is 0 Å². The number of hydrogen-bond acceptors (Lipinski definition) is 6. The van der Waals surface area contributed by atoms with Crippen molar-refractivity contribution < 1.29 is 14.3 Å². The molecule has 1 amide bonds. The summed E-state index contributed by atoms with van der Waals surface area (Å²) in [6, 6.07) is 5.55. The maximum absolute atomic E-state index is 11.7. The number of hydrazone groups is 1. The molecule has 3 rings (SSSR count). The average Bonchev–Trinajstić information content (AvgIpc) is 2.92. The largest absolute Gasteiger partial charge is 0.493 e. The number of fused-ring (bicyclic) bond motifs is 1. The Morgan fingerprint density at radius 2 is 2.10 bits per heavy atom. The molecular weight excluding hydrogens is 260 g/mol. The van der Waals surface area contributed by atoms with Crippen molar-refractivity contribution in [3.63, 3.8) is 0 Å². The summed E-state index contributed by atoms with van der Waals surface area (Å²) < 4.78 is 10.5. The molecule has 2 atom stereocenters. The van der Waals surface area contributed by atoms with E-state index in [1.807, 2.05) is 18.2 Å². The van der Waals surface area contributed by atoms with Gasteiger partial charge in [-0.25, -0.2) is 10.9 Å². The minimum atomic E-state index is -0.231. The molecular formula is C13H16N4O3. The molecule has 1 aromatic carbocycles. The van der Waals surface area contributed by atoms with Crippen LogP contribution >= 0.6 is 0 Å². The second-order valence-corrected chi connectivity index (χ2v) is 4.68. The highest BCUT2D eigenvalue weighted by molar-refractivity contribution is 5.87. The van der Waals surface area contributed by atoms with Crippen molar-refractivity contribution in [1.29, 1.82) is 0 Å². The van der Waals surface area contributed by atoms with Crippen molar-refractivity contribution in [3.8, 4) is 11.5 Å². The molecule has 1 aromatic rings. The van der Waals surface area contributed by atoms with Gasteiger partial charge < -0.3 is 9.47 Å². The van der Waals surface area contributed by atoms with Crippen LogP contribution in [0.4, 0.5) is 0 Å². The topological polar surface area (TPSA) is 75.2 Å². The predicted molar refractivity (Wildman–Crippen MR) is 72.3 cm³/mol. The average molecular weight is 276 g/mol. The maximum atomic E-state index is 11.7. The number of carbonyl (C=O) groups excluding carboxylic acids is 1. The first-order valence-corrected chi connectivity index (χ1v) is 6.32. The van der Waals surface area contributed by atoms with Crippen LogP contribution in [0.25, 0.3) is 0 Å². The van der Waals surface area contributed by atoms with Crippen molar-refractivity contribution in [3.05, 3.63) is 23.8 Å². The van der Waals surface area contributed by atoms with Crippen LogP contribution in [0.1, 0.15) is 18.0 Å². The van der Waals surface area contributed by atoms with Crippen molar-refractivity contribution in [2.24, 2.45) is 5.10 Å². The van der Waals surface area contributed by atoms with E-state index in [0.717, 1.165) is 5.56 Å². The molecule has 0 aliphatic carbocycles. The Labute approximate surface area is 116 Å². The Morgan fingerprint density at radius 1 is 1.30 bits per heavy atom. The van der Waals surface area contributed by atoms with Gasteiger partial charge in [-0.2, -0.15) is 5.10 Å². The first-order valence-electron chi connectivity index (χ1n) is 6.32. The van der Waals surface area contributed by atoms with Gasteiger partial charge in [-0.3, -0.25) is 9.80 Å². The number of benzene rings is 1. The van der Waals surface area contributed by atoms with E-state index in [0.29, 0.717) is 17.9 Å². The Hall–Kier alpha value is -2.28. The third kappa shape index (κ3) is 2.05. The van der Waals surface area contributed by atoms with E-state index in [1.165, 1.54) is 0 Å². The number of nitrogens with one attached hydrogen (secondary N) is 2. The minimum absolute atomic E-state index is 0.0371. The lowest BCUT2D eigenvalue weighted by molar-refractivity contribution is -0.125. The molecule has 0 aromatic heterocycles. The second-order valence-electron chi connectivity index (χ2n) is 4.68. The van der Waals surface area contributed by atoms with E-state index >= 15 is 0 Å². The molecule has 2 heterocycles. The Morgan fingerprint density at radius 3 is 2.80 bits per heavy atom. The summed E-state index contributed by atoms with van der Waals surface area (Å²) in [5.41, 5.74) is 6.77. The molecule has 2 aliphatic rings. The van der Waals surface area contributed by atoms with E-state index < -0.39 is 0 Å². The summed E-state index contributed by atoms with van der Waals surface area (Å²) in [4.78, 5) is 11.7. The lowest BCUT2D eigenvalue weighted by Crippen LogP contribution is -2.48. The summed E-state index contributed by atoms with van der Waals surface area (Å²) in [5.74, 6) is 1.27. The Kier molecular flexibility index (Phi) is 3.19. The number of carbonyl (C=O) groups is 1. The van der Waals surface area contributed by atoms with Gasteiger partial charge in [-0.05, 0) is 24.1 Å². The highest BCUT2D eigenvalue weighted by Crippen LogP contribution is 2.34. The van der Waals surface area contributed by atoms with Gasteiger partial charge >= 0.3 is 0 Å². The lowest BCUT2D eigenvalue weighted by Gasteiger charge is -2.23. The number of hydrogen-bond donors (Lipinski definition) is 2. The van der Waals surface area contributed by atoms with Crippen molar-refractivity contribution >= 4 is 12.2 Å². The molecule has 0 bridgehead atoms. The molecule has 7 nitrogen and oxygen atoms in total. The van der Waals surface area contributed by atoms with Crippen LogP contribution < -0.4 is 20.3 Å². The standard InChI is InChI=1S/C13H16N4O3/c1-19-11-4-3-8(5-12(11)20-2)9-6-10-13(18)15-14-7-17(10)16-9/h3-5,7,9-10,16H,6H2,1-2H3,(H,15,18). The molecule has 0 radical (unpaired) electrons. The first-order chi connectivity index (χ1) is 9.72. The molecule has 20 heavy (non-hydrogen) atoms. The second kappa shape index (κ2) is 5.01. The van der Waals surface area contributed by atoms with E-state index in [4.69, 9.17) is 9.47 Å². The van der Waals surface area contributed by atoms with Crippen molar-refractivity contribution in [1.82, 2.24) is 15.9 Å². The summed E-state index contributed by atoms with van der Waals surface area (Å²) in [6.45, 7) is 0. The van der Waals surface area contributed by atoms with Crippen LogP contribution in [0.5, 0.6) is 11.5 Å². The minimum Gasteiger partial charge on any atom is -0.493 e. The first kappa shape index (κ1) is 12.7. The van der Waals surface area contributed by atoms with E-state index in [-0.39, 0.29) is 18.0 Å². The smallest absolute Gasteiger partial charge is 0.264 e. The fourth-order valence-electron chi connectivity index (χ4n) is 2.52. The summed E-state index contributed by atoms with van der Waals surface area (Å²) in [6.07, 6.45) is 2.26. The molecule has 1 saturated heterocycles. The zero-order chi connectivity index (χ0) is 14.1. The van der Waals surface area contributed by atoms with Gasteiger partial charge in [-0.15, -0.1) is 0 Å². The molecule has 106 valence electrons. The van der Waals surface area contributed by atoms with Gasteiger partial charge in [0.05, 0.1) is 20.3 Å². The summed E-state index contributed by atoms with van der Waals surface area (Å²) >= 11 is 0. The Bertz CT molecular complexity index is 561. The van der Waals surface area contributed by atoms with E-state index in [1.54, 1.807) is 25.6 Å². The van der Waals surface area contributed by atoms with Crippen molar-refractivity contribution in [2.45, 2.75) is 18.5 Å². The fourth-order valence-corrected chi connectivity index (χ4v) is 2.52. The molecule has 1 fully saturated rings. The fraction of sp³-hybridized carbons (Fsp3) is 0.385. The van der Waals surface area contributed by atoms with Crippen LogP contribution in [0.15, 0.2) is 23.3 Å². The van der Waals surface area contributed by atoms with Gasteiger partial charge in [-0.1, -0.05) is 6.07 Å². The van der Waals surface area contributed by atoms with Crippen LogP contribution in [-0.4, -0.2) is 37.5 Å². The number of ether oxygens (including phenoxy) is 2. The third-order valence-electron chi connectivity index (χ3n) is 3.57. The molecule has 7 heteroatoms. The van der Waals surface area contributed by atoms with Gasteiger partial charge in [0.15, 0.2) is 11.5 Å². The molecule has 2 unspecified atom stereocenters. The highest BCUT2D eigenvalue weighted by Gasteiger charge is 2.38. The van der Waals surface area contributed by atoms with E-state index in [2.05, 4.69) is 16.0 Å². The number of amides is 1. The zero-order valence-corrected chi connectivity index (χ0v) is 11.3. The number of methoxy groups -OCH3 is 2. The monoisotopic (exact) mass is 276 g/mol.